The average molecular weight is 271 g/mol. The zero-order valence-electron chi connectivity index (χ0n) is 13.0. The maximum absolute atomic E-state index is 3.57. The highest BCUT2D eigenvalue weighted by molar-refractivity contribution is 5.85. The number of likely N-dealkylation sites (N-methyl/N-ethyl adjacent to an activating group) is 1. The fraction of sp³-hybridized carbons (Fsp3) is 0.529. The Balaban J connectivity index is 1.91. The van der Waals surface area contributed by atoms with E-state index in [1.807, 2.05) is 0 Å². The molecule has 1 aliphatic rings. The molecule has 0 bridgehead atoms. The van der Waals surface area contributed by atoms with E-state index in [9.17, 15) is 0 Å². The highest BCUT2D eigenvalue weighted by Crippen LogP contribution is 2.28. The third kappa shape index (κ3) is 2.55. The Morgan fingerprint density at radius 3 is 2.35 bits per heavy atom. The van der Waals surface area contributed by atoms with Gasteiger partial charge in [-0.05, 0) is 36.2 Å². The summed E-state index contributed by atoms with van der Waals surface area (Å²) in [7, 11) is 2.19. The molecule has 1 fully saturated rings. The van der Waals surface area contributed by atoms with E-state index >= 15 is 0 Å². The molecule has 0 aliphatic carbocycles. The van der Waals surface area contributed by atoms with E-state index in [0.717, 1.165) is 26.2 Å². The standard InChI is InChI=1S/C17H25N3/c1-17(2,3)14-5-6-15-13(11-14)12-16(18-15)20-9-7-19(4)8-10-20/h5-6,11-12,18H,7-10H2,1-4H3. The van der Waals surface area contributed by atoms with Crippen molar-refractivity contribution in [2.75, 3.05) is 38.1 Å². The molecule has 0 spiro atoms. The largest absolute Gasteiger partial charge is 0.356 e. The summed E-state index contributed by atoms with van der Waals surface area (Å²) in [6.07, 6.45) is 0. The maximum atomic E-state index is 3.57. The van der Waals surface area contributed by atoms with Crippen LogP contribution in [0.3, 0.4) is 0 Å². The van der Waals surface area contributed by atoms with Gasteiger partial charge in [0.2, 0.25) is 0 Å². The lowest BCUT2D eigenvalue weighted by Crippen LogP contribution is -2.44. The lowest BCUT2D eigenvalue weighted by Gasteiger charge is -2.32. The Kier molecular flexibility index (Phi) is 3.25. The fourth-order valence-corrected chi connectivity index (χ4v) is 2.80. The van der Waals surface area contributed by atoms with Gasteiger partial charge in [0.05, 0.1) is 0 Å². The van der Waals surface area contributed by atoms with Gasteiger partial charge in [0.25, 0.3) is 0 Å². The van der Waals surface area contributed by atoms with Gasteiger partial charge in [-0.3, -0.25) is 0 Å². The molecule has 0 atom stereocenters. The summed E-state index contributed by atoms with van der Waals surface area (Å²) in [5, 5.41) is 1.33. The molecule has 2 heterocycles. The van der Waals surface area contributed by atoms with Crippen molar-refractivity contribution in [2.45, 2.75) is 26.2 Å². The van der Waals surface area contributed by atoms with Gasteiger partial charge in [-0.1, -0.05) is 26.8 Å². The molecule has 2 aromatic rings. The third-order valence-corrected chi connectivity index (χ3v) is 4.32. The van der Waals surface area contributed by atoms with E-state index in [0.29, 0.717) is 0 Å². The molecule has 1 aromatic heterocycles. The van der Waals surface area contributed by atoms with Gasteiger partial charge in [0.15, 0.2) is 0 Å². The van der Waals surface area contributed by atoms with Crippen LogP contribution in [0.5, 0.6) is 0 Å². The predicted molar refractivity (Wildman–Crippen MR) is 86.7 cm³/mol. The van der Waals surface area contributed by atoms with Crippen LogP contribution in [-0.4, -0.2) is 43.1 Å². The van der Waals surface area contributed by atoms with Crippen LogP contribution in [0.15, 0.2) is 24.3 Å². The number of aromatic nitrogens is 1. The number of piperazine rings is 1. The molecule has 1 aliphatic heterocycles. The number of fused-ring (bicyclic) bond motifs is 1. The van der Waals surface area contributed by atoms with Crippen molar-refractivity contribution >= 4 is 16.7 Å². The highest BCUT2D eigenvalue weighted by Gasteiger charge is 2.17. The molecular weight excluding hydrogens is 246 g/mol. The maximum Gasteiger partial charge on any atom is 0.106 e. The minimum Gasteiger partial charge on any atom is -0.356 e. The summed E-state index contributed by atoms with van der Waals surface area (Å²) in [5.74, 6) is 1.26. The van der Waals surface area contributed by atoms with Gasteiger partial charge in [0.1, 0.15) is 5.82 Å². The van der Waals surface area contributed by atoms with Gasteiger partial charge in [-0.2, -0.15) is 0 Å². The number of H-pyrrole nitrogens is 1. The van der Waals surface area contributed by atoms with Gasteiger partial charge in [-0.25, -0.2) is 0 Å². The molecule has 3 rings (SSSR count). The van der Waals surface area contributed by atoms with Crippen molar-refractivity contribution in [1.29, 1.82) is 0 Å². The van der Waals surface area contributed by atoms with Crippen molar-refractivity contribution < 1.29 is 0 Å². The van der Waals surface area contributed by atoms with E-state index in [4.69, 9.17) is 0 Å². The van der Waals surface area contributed by atoms with Crippen molar-refractivity contribution in [3.63, 3.8) is 0 Å². The Hall–Kier alpha value is -1.48. The molecule has 3 nitrogen and oxygen atoms in total. The van der Waals surface area contributed by atoms with E-state index in [-0.39, 0.29) is 5.41 Å². The van der Waals surface area contributed by atoms with Gasteiger partial charge in [-0.15, -0.1) is 0 Å². The van der Waals surface area contributed by atoms with Gasteiger partial charge in [0, 0.05) is 37.1 Å². The number of hydrogen-bond acceptors (Lipinski definition) is 2. The van der Waals surface area contributed by atoms with Crippen LogP contribution >= 0.6 is 0 Å². The molecule has 20 heavy (non-hydrogen) atoms. The zero-order valence-corrected chi connectivity index (χ0v) is 13.0. The Labute approximate surface area is 121 Å². The molecule has 108 valence electrons. The topological polar surface area (TPSA) is 22.3 Å². The number of benzene rings is 1. The first-order chi connectivity index (χ1) is 9.43. The lowest BCUT2D eigenvalue weighted by molar-refractivity contribution is 0.312. The second-order valence-electron chi connectivity index (χ2n) is 7.00. The van der Waals surface area contributed by atoms with Crippen LogP contribution in [0.2, 0.25) is 0 Å². The second kappa shape index (κ2) is 4.81. The lowest BCUT2D eigenvalue weighted by atomic mass is 9.86. The quantitative estimate of drug-likeness (QED) is 0.860. The Morgan fingerprint density at radius 2 is 1.70 bits per heavy atom. The molecule has 3 heteroatoms. The molecule has 0 saturated carbocycles. The molecule has 0 amide bonds. The summed E-state index contributed by atoms with van der Waals surface area (Å²) in [6, 6.07) is 9.09. The van der Waals surface area contributed by atoms with Crippen molar-refractivity contribution in [3.8, 4) is 0 Å². The zero-order chi connectivity index (χ0) is 14.3. The highest BCUT2D eigenvalue weighted by atomic mass is 15.3. The predicted octanol–water partition coefficient (Wildman–Crippen LogP) is 3.22. The first-order valence-electron chi connectivity index (χ1n) is 7.50. The molecular formula is C17H25N3. The Bertz CT molecular complexity index is 598. The van der Waals surface area contributed by atoms with Crippen LogP contribution in [0.4, 0.5) is 5.82 Å². The molecule has 1 N–H and O–H groups in total. The summed E-state index contributed by atoms with van der Waals surface area (Å²) in [4.78, 5) is 8.41. The molecule has 0 unspecified atom stereocenters. The average Bonchev–Trinajstić information content (AvgIpc) is 2.81. The first kappa shape index (κ1) is 13.5. The smallest absolute Gasteiger partial charge is 0.106 e. The van der Waals surface area contributed by atoms with Crippen LogP contribution in [0, 0.1) is 0 Å². The summed E-state index contributed by atoms with van der Waals surface area (Å²) in [5.41, 5.74) is 2.85. The van der Waals surface area contributed by atoms with E-state index in [2.05, 4.69) is 66.9 Å². The minimum absolute atomic E-state index is 0.208. The number of aromatic amines is 1. The summed E-state index contributed by atoms with van der Waals surface area (Å²) < 4.78 is 0. The van der Waals surface area contributed by atoms with Crippen LogP contribution < -0.4 is 4.90 Å². The summed E-state index contributed by atoms with van der Waals surface area (Å²) >= 11 is 0. The van der Waals surface area contributed by atoms with Crippen molar-refractivity contribution in [2.24, 2.45) is 0 Å². The molecule has 1 aromatic carbocycles. The minimum atomic E-state index is 0.208. The fourth-order valence-electron chi connectivity index (χ4n) is 2.80. The number of hydrogen-bond donors (Lipinski definition) is 1. The SMILES string of the molecule is CN1CCN(c2cc3cc(C(C)(C)C)ccc3[nH]2)CC1. The van der Waals surface area contributed by atoms with Crippen LogP contribution in [-0.2, 0) is 5.41 Å². The van der Waals surface area contributed by atoms with E-state index < -0.39 is 0 Å². The van der Waals surface area contributed by atoms with Crippen LogP contribution in [0.25, 0.3) is 10.9 Å². The Morgan fingerprint density at radius 1 is 1.00 bits per heavy atom. The number of rotatable bonds is 1. The van der Waals surface area contributed by atoms with Gasteiger partial charge < -0.3 is 14.8 Å². The van der Waals surface area contributed by atoms with E-state index in [1.54, 1.807) is 0 Å². The first-order valence-corrected chi connectivity index (χ1v) is 7.50. The van der Waals surface area contributed by atoms with Crippen LogP contribution in [0.1, 0.15) is 26.3 Å². The van der Waals surface area contributed by atoms with E-state index in [1.165, 1.54) is 22.3 Å². The monoisotopic (exact) mass is 271 g/mol. The third-order valence-electron chi connectivity index (χ3n) is 4.32. The second-order valence-corrected chi connectivity index (χ2v) is 7.00. The number of anilines is 1. The van der Waals surface area contributed by atoms with Crippen molar-refractivity contribution in [3.05, 3.63) is 29.8 Å². The molecule has 0 radical (unpaired) electrons. The number of nitrogens with one attached hydrogen (secondary N) is 1. The van der Waals surface area contributed by atoms with Crippen molar-refractivity contribution in [1.82, 2.24) is 9.88 Å². The normalized spacial score (nSPS) is 17.9. The summed E-state index contributed by atoms with van der Waals surface area (Å²) in [6.45, 7) is 11.3. The van der Waals surface area contributed by atoms with Gasteiger partial charge >= 0.3 is 0 Å². The molecule has 1 saturated heterocycles. The number of nitrogens with zero attached hydrogens (tertiary/aromatic N) is 2.